The van der Waals surface area contributed by atoms with Crippen molar-refractivity contribution in [3.63, 3.8) is 0 Å². The van der Waals surface area contributed by atoms with Crippen molar-refractivity contribution in [3.8, 4) is 0 Å². The molecule has 1 aromatic rings. The summed E-state index contributed by atoms with van der Waals surface area (Å²) >= 11 is 0. The molecule has 0 unspecified atom stereocenters. The fourth-order valence-electron chi connectivity index (χ4n) is 2.21. The van der Waals surface area contributed by atoms with E-state index in [2.05, 4.69) is 17.3 Å². The zero-order valence-corrected chi connectivity index (χ0v) is 11.7. The van der Waals surface area contributed by atoms with Gasteiger partial charge in [0.15, 0.2) is 0 Å². The van der Waals surface area contributed by atoms with Crippen molar-refractivity contribution in [1.29, 1.82) is 0 Å². The summed E-state index contributed by atoms with van der Waals surface area (Å²) in [5, 5.41) is 2.87. The van der Waals surface area contributed by atoms with Crippen LogP contribution in [-0.4, -0.2) is 30.4 Å². The first-order chi connectivity index (χ1) is 9.15. The number of nitrogens with zero attached hydrogens (tertiary/aromatic N) is 1. The van der Waals surface area contributed by atoms with Gasteiger partial charge in [0.25, 0.3) is 0 Å². The maximum absolute atomic E-state index is 11.7. The van der Waals surface area contributed by atoms with Gasteiger partial charge in [-0.1, -0.05) is 24.6 Å². The quantitative estimate of drug-likeness (QED) is 0.823. The highest BCUT2D eigenvalue weighted by molar-refractivity contribution is 5.99. The molecule has 0 aliphatic heterocycles. The number of carbonyl (C=O) groups is 1. The number of nitrogens with one attached hydrogen (secondary N) is 1. The monoisotopic (exact) mass is 258 g/mol. The molecule has 3 nitrogen and oxygen atoms in total. The van der Waals surface area contributed by atoms with E-state index in [-0.39, 0.29) is 5.91 Å². The molecule has 0 radical (unpaired) electrons. The van der Waals surface area contributed by atoms with Crippen LogP contribution >= 0.6 is 0 Å². The summed E-state index contributed by atoms with van der Waals surface area (Å²) in [5.41, 5.74) is 1.99. The van der Waals surface area contributed by atoms with Gasteiger partial charge in [0, 0.05) is 24.4 Å². The highest BCUT2D eigenvalue weighted by Crippen LogP contribution is 2.23. The summed E-state index contributed by atoms with van der Waals surface area (Å²) in [7, 11) is 2.12. The molecule has 0 atom stereocenters. The summed E-state index contributed by atoms with van der Waals surface area (Å²) in [5.74, 6) is -0.0624. The van der Waals surface area contributed by atoms with Gasteiger partial charge in [-0.3, -0.25) is 9.69 Å². The predicted octanol–water partition coefficient (Wildman–Crippen LogP) is 2.97. The summed E-state index contributed by atoms with van der Waals surface area (Å²) in [6, 6.07) is 8.54. The maximum atomic E-state index is 11.7. The predicted molar refractivity (Wildman–Crippen MR) is 79.2 cm³/mol. The first-order valence-electron chi connectivity index (χ1n) is 6.89. The van der Waals surface area contributed by atoms with Gasteiger partial charge in [-0.25, -0.2) is 0 Å². The third-order valence-corrected chi connectivity index (χ3v) is 3.65. The number of rotatable bonds is 5. The van der Waals surface area contributed by atoms with Crippen LogP contribution in [0.4, 0.5) is 5.69 Å². The van der Waals surface area contributed by atoms with E-state index in [9.17, 15) is 4.79 Å². The summed E-state index contributed by atoms with van der Waals surface area (Å²) in [4.78, 5) is 14.0. The van der Waals surface area contributed by atoms with Crippen molar-refractivity contribution in [1.82, 2.24) is 4.90 Å². The smallest absolute Gasteiger partial charge is 0.248 e. The van der Waals surface area contributed by atoms with E-state index in [1.807, 2.05) is 37.3 Å². The van der Waals surface area contributed by atoms with Crippen LogP contribution in [0.1, 0.15) is 24.8 Å². The van der Waals surface area contributed by atoms with Crippen molar-refractivity contribution in [3.05, 3.63) is 42.0 Å². The third-order valence-electron chi connectivity index (χ3n) is 3.65. The fraction of sp³-hybridized carbons (Fsp3) is 0.438. The van der Waals surface area contributed by atoms with Crippen molar-refractivity contribution in [2.24, 2.45) is 0 Å². The standard InChI is InChI=1S/C16H22N2O/c1-13-6-3-7-14(12-13)17-16(19)10-5-11-18(2)15-8-4-9-15/h3,5-7,10,12,15H,4,8-9,11H2,1-2H3,(H,17,19)/b10-5+. The Morgan fingerprint density at radius 2 is 2.26 bits per heavy atom. The number of carbonyl (C=O) groups excluding carboxylic acids is 1. The molecule has 0 saturated heterocycles. The van der Waals surface area contributed by atoms with E-state index in [0.29, 0.717) is 6.04 Å². The van der Waals surface area contributed by atoms with Crippen molar-refractivity contribution >= 4 is 11.6 Å². The van der Waals surface area contributed by atoms with Crippen LogP contribution in [0.5, 0.6) is 0 Å². The van der Waals surface area contributed by atoms with Gasteiger partial charge in [0.05, 0.1) is 0 Å². The first kappa shape index (κ1) is 13.8. The minimum atomic E-state index is -0.0624. The SMILES string of the molecule is Cc1cccc(NC(=O)/C=C/CN(C)C2CCC2)c1. The lowest BCUT2D eigenvalue weighted by Crippen LogP contribution is -2.37. The normalized spacial score (nSPS) is 15.7. The maximum Gasteiger partial charge on any atom is 0.248 e. The molecule has 1 saturated carbocycles. The van der Waals surface area contributed by atoms with Gasteiger partial charge in [-0.2, -0.15) is 0 Å². The van der Waals surface area contributed by atoms with Crippen molar-refractivity contribution in [2.75, 3.05) is 18.9 Å². The number of benzene rings is 1. The second-order valence-electron chi connectivity index (χ2n) is 5.29. The molecule has 102 valence electrons. The van der Waals surface area contributed by atoms with Crippen LogP contribution in [0.15, 0.2) is 36.4 Å². The van der Waals surface area contributed by atoms with Gasteiger partial charge in [0.2, 0.25) is 5.91 Å². The number of amides is 1. The third kappa shape index (κ3) is 4.21. The highest BCUT2D eigenvalue weighted by Gasteiger charge is 2.20. The van der Waals surface area contributed by atoms with E-state index in [4.69, 9.17) is 0 Å². The number of aryl methyl sites for hydroxylation is 1. The Morgan fingerprint density at radius 3 is 2.89 bits per heavy atom. The molecule has 1 amide bonds. The van der Waals surface area contributed by atoms with Crippen LogP contribution in [0.25, 0.3) is 0 Å². The molecule has 0 spiro atoms. The Bertz CT molecular complexity index is 464. The molecule has 0 aromatic heterocycles. The molecular weight excluding hydrogens is 236 g/mol. The second kappa shape index (κ2) is 6.53. The Morgan fingerprint density at radius 1 is 1.47 bits per heavy atom. The topological polar surface area (TPSA) is 32.3 Å². The lowest BCUT2D eigenvalue weighted by atomic mass is 9.92. The molecule has 0 bridgehead atoms. The van der Waals surface area contributed by atoms with Gasteiger partial charge in [-0.05, 0) is 44.5 Å². The first-order valence-corrected chi connectivity index (χ1v) is 6.89. The van der Waals surface area contributed by atoms with E-state index < -0.39 is 0 Å². The fourth-order valence-corrected chi connectivity index (χ4v) is 2.21. The van der Waals surface area contributed by atoms with Crippen molar-refractivity contribution in [2.45, 2.75) is 32.2 Å². The number of anilines is 1. The minimum Gasteiger partial charge on any atom is -0.323 e. The number of likely N-dealkylation sites (N-methyl/N-ethyl adjacent to an activating group) is 1. The zero-order valence-electron chi connectivity index (χ0n) is 11.7. The largest absolute Gasteiger partial charge is 0.323 e. The zero-order chi connectivity index (χ0) is 13.7. The van der Waals surface area contributed by atoms with Crippen LogP contribution in [-0.2, 0) is 4.79 Å². The lowest BCUT2D eigenvalue weighted by Gasteiger charge is -2.33. The molecule has 1 aliphatic rings. The van der Waals surface area contributed by atoms with Crippen LogP contribution in [0.2, 0.25) is 0 Å². The lowest BCUT2D eigenvalue weighted by molar-refractivity contribution is -0.111. The number of hydrogen-bond acceptors (Lipinski definition) is 2. The summed E-state index contributed by atoms with van der Waals surface area (Å²) < 4.78 is 0. The molecule has 19 heavy (non-hydrogen) atoms. The molecular formula is C16H22N2O. The second-order valence-corrected chi connectivity index (χ2v) is 5.29. The van der Waals surface area contributed by atoms with Crippen LogP contribution < -0.4 is 5.32 Å². The molecule has 1 aromatic carbocycles. The van der Waals surface area contributed by atoms with Gasteiger partial charge < -0.3 is 5.32 Å². The Labute approximate surface area is 115 Å². The van der Waals surface area contributed by atoms with E-state index in [1.165, 1.54) is 19.3 Å². The van der Waals surface area contributed by atoms with E-state index in [0.717, 1.165) is 17.8 Å². The Kier molecular flexibility index (Phi) is 4.74. The summed E-state index contributed by atoms with van der Waals surface area (Å²) in [6.45, 7) is 2.85. The molecule has 1 N–H and O–H groups in total. The Hall–Kier alpha value is -1.61. The molecule has 2 rings (SSSR count). The highest BCUT2D eigenvalue weighted by atomic mass is 16.1. The van der Waals surface area contributed by atoms with Crippen LogP contribution in [0.3, 0.4) is 0 Å². The van der Waals surface area contributed by atoms with Crippen molar-refractivity contribution < 1.29 is 4.79 Å². The van der Waals surface area contributed by atoms with Gasteiger partial charge in [-0.15, -0.1) is 0 Å². The van der Waals surface area contributed by atoms with E-state index in [1.54, 1.807) is 6.08 Å². The summed E-state index contributed by atoms with van der Waals surface area (Å²) in [6.07, 6.45) is 7.48. The average molecular weight is 258 g/mol. The van der Waals surface area contributed by atoms with Gasteiger partial charge >= 0.3 is 0 Å². The van der Waals surface area contributed by atoms with E-state index >= 15 is 0 Å². The van der Waals surface area contributed by atoms with Crippen LogP contribution in [0, 0.1) is 6.92 Å². The average Bonchev–Trinajstić information content (AvgIpc) is 2.26. The Balaban J connectivity index is 1.77. The molecule has 1 fully saturated rings. The number of hydrogen-bond donors (Lipinski definition) is 1. The molecule has 0 heterocycles. The van der Waals surface area contributed by atoms with Gasteiger partial charge in [0.1, 0.15) is 0 Å². The minimum absolute atomic E-state index is 0.0624. The molecule has 1 aliphatic carbocycles. The molecule has 3 heteroatoms.